The van der Waals surface area contributed by atoms with Gasteiger partial charge in [-0.2, -0.15) is 0 Å². The fourth-order valence-corrected chi connectivity index (χ4v) is 5.28. The molecule has 1 aromatic carbocycles. The van der Waals surface area contributed by atoms with Crippen molar-refractivity contribution in [3.8, 4) is 0 Å². The Labute approximate surface area is 168 Å². The molecule has 0 unspecified atom stereocenters. The average molecular weight is 407 g/mol. The third kappa shape index (κ3) is 2.53. The first-order valence-electron chi connectivity index (χ1n) is 9.64. The molecule has 7 nitrogen and oxygen atoms in total. The number of carbonyl (C=O) groups is 3. The normalized spacial score (nSPS) is 31.1. The molecule has 0 radical (unpaired) electrons. The number of rotatable bonds is 5. The van der Waals surface area contributed by atoms with Crippen LogP contribution in [0.5, 0.6) is 0 Å². The predicted octanol–water partition coefficient (Wildman–Crippen LogP) is 0.727. The molecule has 3 N–H and O–H groups in total. The molecule has 4 atom stereocenters. The smallest absolute Gasteiger partial charge is 0.291 e. The highest BCUT2D eigenvalue weighted by Gasteiger charge is 2.74. The van der Waals surface area contributed by atoms with Gasteiger partial charge in [-0.05, 0) is 24.6 Å². The van der Waals surface area contributed by atoms with E-state index in [1.165, 1.54) is 4.90 Å². The third-order valence-corrected chi connectivity index (χ3v) is 6.59. The lowest BCUT2D eigenvalue weighted by atomic mass is 9.76. The predicted molar refractivity (Wildman–Crippen MR) is 103 cm³/mol. The lowest BCUT2D eigenvalue weighted by Crippen LogP contribution is -2.99. The molecule has 1 spiro atoms. The fraction of sp³-hybridized carbons (Fsp3) is 0.550. The standard InChI is InChI=1S/C20H24ClN3O4/c1-10(2)16-14-15(18(26)24(17(14)25)7-4-8-28-3)20(23-16)12-9-11(21)5-6-13(12)22-19(20)27/h5-6,9-10,14-16,23H,4,7-8H2,1-3H3,(H,22,27)/p+1/t14-,15-,16+,20-/m0/s1. The molecule has 1 aromatic rings. The molecular formula is C20H25ClN3O4+. The lowest BCUT2D eigenvalue weighted by Gasteiger charge is -2.27. The van der Waals surface area contributed by atoms with Gasteiger partial charge >= 0.3 is 0 Å². The van der Waals surface area contributed by atoms with Gasteiger partial charge in [-0.3, -0.25) is 19.3 Å². The molecule has 3 amide bonds. The Morgan fingerprint density at radius 1 is 1.29 bits per heavy atom. The van der Waals surface area contributed by atoms with Crippen LogP contribution in [-0.2, 0) is 24.7 Å². The second-order valence-corrected chi connectivity index (χ2v) is 8.62. The van der Waals surface area contributed by atoms with Crippen LogP contribution in [0.15, 0.2) is 18.2 Å². The number of methoxy groups -OCH3 is 1. The number of benzene rings is 1. The molecule has 0 saturated carbocycles. The highest BCUT2D eigenvalue weighted by molar-refractivity contribution is 6.31. The van der Waals surface area contributed by atoms with Crippen molar-refractivity contribution in [2.24, 2.45) is 17.8 Å². The van der Waals surface area contributed by atoms with Gasteiger partial charge in [-0.1, -0.05) is 25.4 Å². The van der Waals surface area contributed by atoms with E-state index in [9.17, 15) is 14.4 Å². The summed E-state index contributed by atoms with van der Waals surface area (Å²) in [5.74, 6) is -1.82. The Morgan fingerprint density at radius 3 is 2.71 bits per heavy atom. The summed E-state index contributed by atoms with van der Waals surface area (Å²) in [7, 11) is 1.59. The lowest BCUT2D eigenvalue weighted by molar-refractivity contribution is -0.738. The van der Waals surface area contributed by atoms with E-state index in [2.05, 4.69) is 5.32 Å². The van der Waals surface area contributed by atoms with E-state index in [0.29, 0.717) is 35.8 Å². The van der Waals surface area contributed by atoms with Gasteiger partial charge < -0.3 is 15.4 Å². The molecule has 2 fully saturated rings. The van der Waals surface area contributed by atoms with Gasteiger partial charge in [-0.15, -0.1) is 0 Å². The summed E-state index contributed by atoms with van der Waals surface area (Å²) in [5.41, 5.74) is 0.206. The maximum Gasteiger partial charge on any atom is 0.291 e. The number of hydrogen-bond donors (Lipinski definition) is 2. The van der Waals surface area contributed by atoms with Crippen molar-refractivity contribution in [2.75, 3.05) is 25.6 Å². The first-order chi connectivity index (χ1) is 13.3. The molecule has 3 aliphatic heterocycles. The minimum atomic E-state index is -1.15. The summed E-state index contributed by atoms with van der Waals surface area (Å²) in [4.78, 5) is 41.1. The van der Waals surface area contributed by atoms with Gasteiger partial charge in [0, 0.05) is 36.8 Å². The Hall–Kier alpha value is -1.96. The SMILES string of the molecule is COCCCN1C(=O)[C@@H]2[C@@H](C(C)C)[NH2+][C@]3(C(=O)Nc4ccc(Cl)cc43)[C@@H]2C1=O. The summed E-state index contributed by atoms with van der Waals surface area (Å²) < 4.78 is 5.06. The first kappa shape index (κ1) is 19.4. The second-order valence-electron chi connectivity index (χ2n) is 8.18. The van der Waals surface area contributed by atoms with Crippen LogP contribution >= 0.6 is 11.6 Å². The Balaban J connectivity index is 1.81. The van der Waals surface area contributed by atoms with E-state index in [-0.39, 0.29) is 29.7 Å². The number of amides is 3. The van der Waals surface area contributed by atoms with Crippen LogP contribution in [0.25, 0.3) is 0 Å². The third-order valence-electron chi connectivity index (χ3n) is 6.35. The van der Waals surface area contributed by atoms with Crippen LogP contribution in [0.1, 0.15) is 25.8 Å². The van der Waals surface area contributed by atoms with Crippen LogP contribution in [0.3, 0.4) is 0 Å². The van der Waals surface area contributed by atoms with E-state index < -0.39 is 17.4 Å². The molecule has 0 bridgehead atoms. The molecule has 3 heterocycles. The second kappa shape index (κ2) is 6.83. The average Bonchev–Trinajstić information content (AvgIpc) is 3.23. The number of nitrogens with one attached hydrogen (secondary N) is 1. The largest absolute Gasteiger partial charge is 0.385 e. The topological polar surface area (TPSA) is 92.3 Å². The zero-order chi connectivity index (χ0) is 20.2. The van der Waals surface area contributed by atoms with Crippen molar-refractivity contribution >= 4 is 35.0 Å². The number of quaternary nitrogens is 1. The van der Waals surface area contributed by atoms with Crippen LogP contribution in [0, 0.1) is 17.8 Å². The summed E-state index contributed by atoms with van der Waals surface area (Å²) in [6.45, 7) is 4.82. The van der Waals surface area contributed by atoms with Crippen LogP contribution in [0.2, 0.25) is 5.02 Å². The van der Waals surface area contributed by atoms with E-state index in [1.54, 1.807) is 25.3 Å². The zero-order valence-corrected chi connectivity index (χ0v) is 17.0. The quantitative estimate of drug-likeness (QED) is 0.557. The first-order valence-corrected chi connectivity index (χ1v) is 10.0. The van der Waals surface area contributed by atoms with Crippen molar-refractivity contribution in [2.45, 2.75) is 31.8 Å². The number of fused-ring (bicyclic) bond motifs is 4. The Kier molecular flexibility index (Phi) is 4.72. The minimum absolute atomic E-state index is 0.124. The van der Waals surface area contributed by atoms with Gasteiger partial charge in [0.2, 0.25) is 17.4 Å². The maximum atomic E-state index is 13.4. The monoisotopic (exact) mass is 406 g/mol. The van der Waals surface area contributed by atoms with E-state index in [0.717, 1.165) is 0 Å². The van der Waals surface area contributed by atoms with Gasteiger partial charge in [0.15, 0.2) is 0 Å². The number of carbonyl (C=O) groups excluding carboxylic acids is 3. The van der Waals surface area contributed by atoms with Gasteiger partial charge in [0.25, 0.3) is 5.91 Å². The minimum Gasteiger partial charge on any atom is -0.385 e. The van der Waals surface area contributed by atoms with E-state index >= 15 is 0 Å². The molecule has 28 heavy (non-hydrogen) atoms. The van der Waals surface area contributed by atoms with Crippen LogP contribution < -0.4 is 10.6 Å². The molecule has 8 heteroatoms. The molecular weight excluding hydrogens is 382 g/mol. The van der Waals surface area contributed by atoms with Crippen molar-refractivity contribution in [1.29, 1.82) is 0 Å². The summed E-state index contributed by atoms with van der Waals surface area (Å²) in [5, 5.41) is 5.34. The summed E-state index contributed by atoms with van der Waals surface area (Å²) in [6.07, 6.45) is 0.574. The number of imide groups is 1. The molecule has 150 valence electrons. The van der Waals surface area contributed by atoms with Crippen molar-refractivity contribution in [1.82, 2.24) is 4.90 Å². The highest BCUT2D eigenvalue weighted by Crippen LogP contribution is 2.50. The van der Waals surface area contributed by atoms with Gasteiger partial charge in [0.05, 0.1) is 5.69 Å². The van der Waals surface area contributed by atoms with Gasteiger partial charge in [-0.25, -0.2) is 0 Å². The number of ether oxygens (including phenoxy) is 1. The number of anilines is 1. The fourth-order valence-electron chi connectivity index (χ4n) is 5.11. The molecule has 0 aliphatic carbocycles. The number of halogens is 1. The summed E-state index contributed by atoms with van der Waals surface area (Å²) >= 11 is 6.22. The van der Waals surface area contributed by atoms with E-state index in [4.69, 9.17) is 16.3 Å². The number of nitrogens with two attached hydrogens (primary N) is 1. The Morgan fingerprint density at radius 2 is 2.04 bits per heavy atom. The Bertz CT molecular complexity index is 858. The molecule has 3 aliphatic rings. The highest BCUT2D eigenvalue weighted by atomic mass is 35.5. The van der Waals surface area contributed by atoms with Crippen molar-refractivity contribution in [3.05, 3.63) is 28.8 Å². The number of nitrogens with zero attached hydrogens (tertiary/aromatic N) is 1. The van der Waals surface area contributed by atoms with Crippen LogP contribution in [-0.4, -0.2) is 48.9 Å². The zero-order valence-electron chi connectivity index (χ0n) is 16.2. The van der Waals surface area contributed by atoms with E-state index in [1.807, 2.05) is 19.2 Å². The number of likely N-dealkylation sites (tertiary alicyclic amines) is 1. The van der Waals surface area contributed by atoms with Gasteiger partial charge in [0.1, 0.15) is 17.9 Å². The molecule has 2 saturated heterocycles. The summed E-state index contributed by atoms with van der Waals surface area (Å²) in [6, 6.07) is 5.05. The molecule has 0 aromatic heterocycles. The number of hydrogen-bond acceptors (Lipinski definition) is 4. The van der Waals surface area contributed by atoms with Crippen LogP contribution in [0.4, 0.5) is 5.69 Å². The maximum absolute atomic E-state index is 13.4. The van der Waals surface area contributed by atoms with Crippen molar-refractivity contribution in [3.63, 3.8) is 0 Å². The van der Waals surface area contributed by atoms with Crippen molar-refractivity contribution < 1.29 is 24.4 Å². The molecule has 4 rings (SSSR count).